The molecule has 0 radical (unpaired) electrons. The minimum Gasteiger partial charge on any atom is -0.496 e. The molecule has 2 nitrogen and oxygen atoms in total. The summed E-state index contributed by atoms with van der Waals surface area (Å²) in [6, 6.07) is 8.42. The third-order valence-electron chi connectivity index (χ3n) is 3.86. The number of nitrogens with one attached hydrogen (secondary N) is 1. The molecule has 0 amide bonds. The van der Waals surface area contributed by atoms with Crippen LogP contribution in [0.15, 0.2) is 24.3 Å². The Labute approximate surface area is 117 Å². The first-order chi connectivity index (χ1) is 8.99. The lowest BCUT2D eigenvalue weighted by molar-refractivity contribution is 0.341. The fourth-order valence-electron chi connectivity index (χ4n) is 2.56. The van der Waals surface area contributed by atoms with Gasteiger partial charge in [0.2, 0.25) is 0 Å². The smallest absolute Gasteiger partial charge is 0.122 e. The zero-order valence-corrected chi connectivity index (χ0v) is 12.7. The predicted octanol–water partition coefficient (Wildman–Crippen LogP) is 3.65. The molecule has 1 atom stereocenters. The fourth-order valence-corrected chi connectivity index (χ4v) is 2.56. The highest BCUT2D eigenvalue weighted by Gasteiger charge is 2.32. The number of rotatable bonds is 6. The molecule has 0 bridgehead atoms. The van der Waals surface area contributed by atoms with Crippen LogP contribution in [0.3, 0.4) is 0 Å². The van der Waals surface area contributed by atoms with Gasteiger partial charge in [0, 0.05) is 5.54 Å². The molecule has 2 heteroatoms. The topological polar surface area (TPSA) is 21.3 Å². The Hall–Kier alpha value is -1.02. The van der Waals surface area contributed by atoms with E-state index in [1.807, 2.05) is 6.07 Å². The molecular formula is C17H27NO. The van der Waals surface area contributed by atoms with Crippen molar-refractivity contribution in [2.75, 3.05) is 13.7 Å². The largest absolute Gasteiger partial charge is 0.496 e. The van der Waals surface area contributed by atoms with E-state index < -0.39 is 0 Å². The predicted molar refractivity (Wildman–Crippen MR) is 80.7 cm³/mol. The van der Waals surface area contributed by atoms with Crippen molar-refractivity contribution in [1.82, 2.24) is 5.32 Å². The van der Waals surface area contributed by atoms with E-state index in [4.69, 9.17) is 4.74 Å². The van der Waals surface area contributed by atoms with E-state index in [2.05, 4.69) is 44.3 Å². The molecule has 0 spiro atoms. The van der Waals surface area contributed by atoms with E-state index in [0.717, 1.165) is 30.6 Å². The van der Waals surface area contributed by atoms with Gasteiger partial charge >= 0.3 is 0 Å². The minimum absolute atomic E-state index is 0.202. The molecule has 1 aliphatic carbocycles. The van der Waals surface area contributed by atoms with Crippen LogP contribution in [-0.2, 0) is 6.42 Å². The van der Waals surface area contributed by atoms with Crippen LogP contribution in [0.5, 0.6) is 5.75 Å². The monoisotopic (exact) mass is 261 g/mol. The number of methoxy groups -OCH3 is 1. The number of ether oxygens (including phenoxy) is 1. The Morgan fingerprint density at radius 1 is 1.26 bits per heavy atom. The molecule has 19 heavy (non-hydrogen) atoms. The zero-order chi connectivity index (χ0) is 13.9. The summed E-state index contributed by atoms with van der Waals surface area (Å²) >= 11 is 0. The van der Waals surface area contributed by atoms with Gasteiger partial charge in [0.15, 0.2) is 0 Å². The lowest BCUT2D eigenvalue weighted by atomic mass is 9.93. The minimum atomic E-state index is 0.202. The van der Waals surface area contributed by atoms with Crippen LogP contribution in [0, 0.1) is 11.8 Å². The summed E-state index contributed by atoms with van der Waals surface area (Å²) in [7, 11) is 1.76. The number of hydrogen-bond acceptors (Lipinski definition) is 2. The van der Waals surface area contributed by atoms with Crippen LogP contribution < -0.4 is 10.1 Å². The third kappa shape index (κ3) is 4.54. The second kappa shape index (κ2) is 5.96. The summed E-state index contributed by atoms with van der Waals surface area (Å²) in [4.78, 5) is 0. The summed E-state index contributed by atoms with van der Waals surface area (Å²) in [5.41, 5.74) is 1.55. The molecule has 1 aliphatic rings. The highest BCUT2D eigenvalue weighted by molar-refractivity contribution is 5.33. The van der Waals surface area contributed by atoms with Crippen molar-refractivity contribution in [3.63, 3.8) is 0 Å². The molecule has 0 aliphatic heterocycles. The fraction of sp³-hybridized carbons (Fsp3) is 0.647. The molecule has 0 saturated heterocycles. The Kier molecular flexibility index (Phi) is 4.51. The molecule has 1 aromatic rings. The summed E-state index contributed by atoms with van der Waals surface area (Å²) in [5, 5.41) is 3.66. The second-order valence-corrected chi connectivity index (χ2v) is 6.74. The highest BCUT2D eigenvalue weighted by atomic mass is 16.5. The SMILES string of the molecule is COc1ccccc1CC(CNC(C)(C)C)C1CC1. The normalized spacial score (nSPS) is 17.3. The van der Waals surface area contributed by atoms with E-state index in [1.165, 1.54) is 18.4 Å². The van der Waals surface area contributed by atoms with E-state index in [1.54, 1.807) is 7.11 Å². The van der Waals surface area contributed by atoms with Crippen molar-refractivity contribution in [2.45, 2.75) is 45.6 Å². The van der Waals surface area contributed by atoms with E-state index in [9.17, 15) is 0 Å². The number of para-hydroxylation sites is 1. The quantitative estimate of drug-likeness (QED) is 0.844. The van der Waals surface area contributed by atoms with Gasteiger partial charge in [0.05, 0.1) is 7.11 Å². The number of benzene rings is 1. The molecule has 2 rings (SSSR count). The van der Waals surface area contributed by atoms with Crippen molar-refractivity contribution < 1.29 is 4.74 Å². The maximum atomic E-state index is 5.47. The Morgan fingerprint density at radius 2 is 1.95 bits per heavy atom. The van der Waals surface area contributed by atoms with Gasteiger partial charge in [0.25, 0.3) is 0 Å². The second-order valence-electron chi connectivity index (χ2n) is 6.74. The van der Waals surface area contributed by atoms with Gasteiger partial charge in [-0.25, -0.2) is 0 Å². The average Bonchev–Trinajstić information content (AvgIpc) is 3.18. The van der Waals surface area contributed by atoms with Gasteiger partial charge in [-0.2, -0.15) is 0 Å². The van der Waals surface area contributed by atoms with Crippen molar-refractivity contribution in [3.05, 3.63) is 29.8 Å². The lowest BCUT2D eigenvalue weighted by Crippen LogP contribution is -2.40. The Morgan fingerprint density at radius 3 is 2.53 bits per heavy atom. The van der Waals surface area contributed by atoms with Gasteiger partial charge in [-0.3, -0.25) is 0 Å². The Balaban J connectivity index is 2.00. The van der Waals surface area contributed by atoms with E-state index >= 15 is 0 Å². The summed E-state index contributed by atoms with van der Waals surface area (Å²) < 4.78 is 5.47. The third-order valence-corrected chi connectivity index (χ3v) is 3.86. The van der Waals surface area contributed by atoms with Crippen LogP contribution in [0.25, 0.3) is 0 Å². The summed E-state index contributed by atoms with van der Waals surface area (Å²) in [6.45, 7) is 7.81. The van der Waals surface area contributed by atoms with Gasteiger partial charge in [0.1, 0.15) is 5.75 Å². The van der Waals surface area contributed by atoms with Crippen molar-refractivity contribution in [1.29, 1.82) is 0 Å². The van der Waals surface area contributed by atoms with Gasteiger partial charge < -0.3 is 10.1 Å². The Bertz CT molecular complexity index is 404. The van der Waals surface area contributed by atoms with Gasteiger partial charge in [-0.15, -0.1) is 0 Å². The molecule has 0 heterocycles. The molecule has 0 aromatic heterocycles. The van der Waals surface area contributed by atoms with Crippen molar-refractivity contribution >= 4 is 0 Å². The standard InChI is InChI=1S/C17H27NO/c1-17(2,3)18-12-15(13-9-10-13)11-14-7-5-6-8-16(14)19-4/h5-8,13,15,18H,9-12H2,1-4H3. The first-order valence-corrected chi connectivity index (χ1v) is 7.36. The average molecular weight is 261 g/mol. The first kappa shape index (κ1) is 14.4. The van der Waals surface area contributed by atoms with Crippen LogP contribution in [0.2, 0.25) is 0 Å². The maximum absolute atomic E-state index is 5.47. The van der Waals surface area contributed by atoms with Crippen LogP contribution >= 0.6 is 0 Å². The van der Waals surface area contributed by atoms with Gasteiger partial charge in [-0.1, -0.05) is 18.2 Å². The molecule has 1 unspecified atom stereocenters. The van der Waals surface area contributed by atoms with Crippen LogP contribution in [0.4, 0.5) is 0 Å². The molecule has 1 aromatic carbocycles. The molecule has 1 fully saturated rings. The molecule has 1 saturated carbocycles. The molecular weight excluding hydrogens is 234 g/mol. The van der Waals surface area contributed by atoms with Gasteiger partial charge in [-0.05, 0) is 70.0 Å². The zero-order valence-electron chi connectivity index (χ0n) is 12.7. The summed E-state index contributed by atoms with van der Waals surface area (Å²) in [5.74, 6) is 2.67. The highest BCUT2D eigenvalue weighted by Crippen LogP contribution is 2.39. The van der Waals surface area contributed by atoms with E-state index in [-0.39, 0.29) is 5.54 Å². The number of hydrogen-bond donors (Lipinski definition) is 1. The summed E-state index contributed by atoms with van der Waals surface area (Å²) in [6.07, 6.45) is 3.91. The first-order valence-electron chi connectivity index (χ1n) is 7.36. The molecule has 1 N–H and O–H groups in total. The maximum Gasteiger partial charge on any atom is 0.122 e. The van der Waals surface area contributed by atoms with Crippen LogP contribution in [0.1, 0.15) is 39.2 Å². The molecule has 106 valence electrons. The lowest BCUT2D eigenvalue weighted by Gasteiger charge is -2.26. The van der Waals surface area contributed by atoms with Crippen molar-refractivity contribution in [3.8, 4) is 5.75 Å². The van der Waals surface area contributed by atoms with Crippen molar-refractivity contribution in [2.24, 2.45) is 11.8 Å². The van der Waals surface area contributed by atoms with Crippen LogP contribution in [-0.4, -0.2) is 19.2 Å². The van der Waals surface area contributed by atoms with E-state index in [0.29, 0.717) is 0 Å².